The van der Waals surface area contributed by atoms with E-state index in [0.29, 0.717) is 18.5 Å². The van der Waals surface area contributed by atoms with Gasteiger partial charge in [0.15, 0.2) is 0 Å². The summed E-state index contributed by atoms with van der Waals surface area (Å²) in [5.41, 5.74) is 6.07. The van der Waals surface area contributed by atoms with Crippen molar-refractivity contribution >= 4 is 10.0 Å². The molecule has 19 heavy (non-hydrogen) atoms. The molecule has 0 fully saturated rings. The van der Waals surface area contributed by atoms with Gasteiger partial charge in [-0.1, -0.05) is 13.0 Å². The number of sulfonamides is 1. The van der Waals surface area contributed by atoms with Gasteiger partial charge in [-0.25, -0.2) is 12.8 Å². The lowest BCUT2D eigenvalue weighted by molar-refractivity contribution is 0.352. The van der Waals surface area contributed by atoms with Crippen molar-refractivity contribution in [2.75, 3.05) is 6.54 Å². The van der Waals surface area contributed by atoms with Crippen LogP contribution in [0, 0.1) is 5.82 Å². The molecular weight excluding hydrogens is 267 g/mol. The molecule has 2 N–H and O–H groups in total. The van der Waals surface area contributed by atoms with E-state index in [4.69, 9.17) is 5.73 Å². The van der Waals surface area contributed by atoms with Gasteiger partial charge in [0.2, 0.25) is 10.0 Å². The van der Waals surface area contributed by atoms with Crippen LogP contribution in [0.3, 0.4) is 0 Å². The molecule has 1 aromatic carbocycles. The van der Waals surface area contributed by atoms with Crippen molar-refractivity contribution in [1.29, 1.82) is 0 Å². The molecule has 0 aliphatic heterocycles. The number of rotatable bonds is 6. The van der Waals surface area contributed by atoms with E-state index in [1.54, 1.807) is 13.8 Å². The van der Waals surface area contributed by atoms with Crippen molar-refractivity contribution in [3.63, 3.8) is 0 Å². The Morgan fingerprint density at radius 2 is 2.00 bits per heavy atom. The molecule has 0 bridgehead atoms. The molecule has 0 spiro atoms. The Kier molecular flexibility index (Phi) is 5.46. The lowest BCUT2D eigenvalue weighted by Crippen LogP contribution is -2.38. The van der Waals surface area contributed by atoms with Gasteiger partial charge in [0, 0.05) is 19.1 Å². The smallest absolute Gasteiger partial charge is 0.246 e. The fourth-order valence-electron chi connectivity index (χ4n) is 1.88. The number of benzene rings is 1. The van der Waals surface area contributed by atoms with Crippen molar-refractivity contribution in [3.8, 4) is 0 Å². The van der Waals surface area contributed by atoms with E-state index in [9.17, 15) is 12.8 Å². The molecule has 0 heterocycles. The molecule has 0 aromatic heterocycles. The van der Waals surface area contributed by atoms with Crippen LogP contribution >= 0.6 is 0 Å². The molecule has 0 unspecified atom stereocenters. The summed E-state index contributed by atoms with van der Waals surface area (Å²) < 4.78 is 40.1. The highest BCUT2D eigenvalue weighted by atomic mass is 32.2. The average Bonchev–Trinajstić information content (AvgIpc) is 2.35. The second-order valence-electron chi connectivity index (χ2n) is 4.68. The summed E-state index contributed by atoms with van der Waals surface area (Å²) in [6.45, 7) is 5.98. The number of halogens is 1. The predicted molar refractivity (Wildman–Crippen MR) is 73.6 cm³/mol. The fourth-order valence-corrected chi connectivity index (χ4v) is 3.72. The predicted octanol–water partition coefficient (Wildman–Crippen LogP) is 2.09. The summed E-state index contributed by atoms with van der Waals surface area (Å²) in [6, 6.07) is 3.74. The summed E-state index contributed by atoms with van der Waals surface area (Å²) in [5, 5.41) is 0. The molecule has 6 heteroatoms. The summed E-state index contributed by atoms with van der Waals surface area (Å²) in [4.78, 5) is -0.294. The highest BCUT2D eigenvalue weighted by molar-refractivity contribution is 7.89. The van der Waals surface area contributed by atoms with Crippen molar-refractivity contribution in [2.45, 2.75) is 44.7 Å². The fraction of sp³-hybridized carbons (Fsp3) is 0.538. The third-order valence-corrected chi connectivity index (χ3v) is 4.93. The molecule has 0 radical (unpaired) electrons. The molecule has 0 amide bonds. The largest absolute Gasteiger partial charge is 0.326 e. The van der Waals surface area contributed by atoms with E-state index >= 15 is 0 Å². The Bertz CT molecular complexity index is 529. The highest BCUT2D eigenvalue weighted by Crippen LogP contribution is 2.22. The van der Waals surface area contributed by atoms with Gasteiger partial charge < -0.3 is 5.73 Å². The Labute approximate surface area is 114 Å². The number of hydrogen-bond acceptors (Lipinski definition) is 3. The molecule has 0 saturated heterocycles. The number of nitrogens with zero attached hydrogens (tertiary/aromatic N) is 1. The highest BCUT2D eigenvalue weighted by Gasteiger charge is 2.29. The zero-order valence-electron chi connectivity index (χ0n) is 11.6. The normalized spacial score (nSPS) is 12.4. The van der Waals surface area contributed by atoms with Crippen LogP contribution < -0.4 is 5.73 Å². The molecule has 108 valence electrons. The minimum Gasteiger partial charge on any atom is -0.326 e. The van der Waals surface area contributed by atoms with Crippen molar-refractivity contribution in [3.05, 3.63) is 29.6 Å². The van der Waals surface area contributed by atoms with Gasteiger partial charge in [-0.05, 0) is 38.0 Å². The van der Waals surface area contributed by atoms with E-state index in [0.717, 1.165) is 6.07 Å². The van der Waals surface area contributed by atoms with E-state index in [2.05, 4.69) is 0 Å². The molecule has 0 saturated carbocycles. The summed E-state index contributed by atoms with van der Waals surface area (Å²) in [6.07, 6.45) is 0.676. The Morgan fingerprint density at radius 3 is 2.47 bits per heavy atom. The van der Waals surface area contributed by atoms with E-state index < -0.39 is 15.8 Å². The van der Waals surface area contributed by atoms with Gasteiger partial charge in [-0.3, -0.25) is 0 Å². The average molecular weight is 288 g/mol. The topological polar surface area (TPSA) is 63.4 Å². The third kappa shape index (κ3) is 3.52. The summed E-state index contributed by atoms with van der Waals surface area (Å²) in [5.74, 6) is -0.737. The molecular formula is C13H21FN2O2S. The minimum atomic E-state index is -3.82. The van der Waals surface area contributed by atoms with E-state index in [1.165, 1.54) is 16.4 Å². The van der Waals surface area contributed by atoms with E-state index in [-0.39, 0.29) is 17.5 Å². The lowest BCUT2D eigenvalue weighted by atomic mass is 10.2. The molecule has 0 atom stereocenters. The van der Waals surface area contributed by atoms with Crippen LogP contribution in [0.1, 0.15) is 32.8 Å². The third-order valence-electron chi connectivity index (χ3n) is 2.84. The van der Waals surface area contributed by atoms with Crippen LogP contribution in [0.25, 0.3) is 0 Å². The molecule has 4 nitrogen and oxygen atoms in total. The maximum atomic E-state index is 13.8. The Balaban J connectivity index is 3.32. The second-order valence-corrected chi connectivity index (χ2v) is 6.54. The van der Waals surface area contributed by atoms with E-state index in [1.807, 2.05) is 6.92 Å². The zero-order valence-corrected chi connectivity index (χ0v) is 12.4. The number of nitrogens with two attached hydrogens (primary N) is 1. The van der Waals surface area contributed by atoms with Gasteiger partial charge in [0.25, 0.3) is 0 Å². The standard InChI is InChI=1S/C13H21FN2O2S/c1-4-7-16(10(2)3)19(17,18)13-8-11(9-15)5-6-12(13)14/h5-6,8,10H,4,7,9,15H2,1-3H3. The van der Waals surface area contributed by atoms with Crippen molar-refractivity contribution in [1.82, 2.24) is 4.31 Å². The molecule has 0 aliphatic rings. The van der Waals surface area contributed by atoms with Gasteiger partial charge in [0.05, 0.1) is 0 Å². The van der Waals surface area contributed by atoms with Crippen LogP contribution in [0.5, 0.6) is 0 Å². The minimum absolute atomic E-state index is 0.179. The molecule has 1 rings (SSSR count). The van der Waals surface area contributed by atoms with Crippen molar-refractivity contribution < 1.29 is 12.8 Å². The van der Waals surface area contributed by atoms with Gasteiger partial charge in [-0.2, -0.15) is 4.31 Å². The van der Waals surface area contributed by atoms with Gasteiger partial charge in [0.1, 0.15) is 10.7 Å². The van der Waals surface area contributed by atoms with Gasteiger partial charge >= 0.3 is 0 Å². The van der Waals surface area contributed by atoms with Gasteiger partial charge in [-0.15, -0.1) is 0 Å². The summed E-state index contributed by atoms with van der Waals surface area (Å²) >= 11 is 0. The summed E-state index contributed by atoms with van der Waals surface area (Å²) in [7, 11) is -3.82. The quantitative estimate of drug-likeness (QED) is 0.872. The number of hydrogen-bond donors (Lipinski definition) is 1. The van der Waals surface area contributed by atoms with Crippen LogP contribution in [-0.2, 0) is 16.6 Å². The lowest BCUT2D eigenvalue weighted by Gasteiger charge is -2.25. The van der Waals surface area contributed by atoms with Crippen LogP contribution in [-0.4, -0.2) is 25.3 Å². The monoisotopic (exact) mass is 288 g/mol. The van der Waals surface area contributed by atoms with Crippen LogP contribution in [0.2, 0.25) is 0 Å². The first-order valence-electron chi connectivity index (χ1n) is 6.35. The second kappa shape index (κ2) is 6.45. The molecule has 1 aromatic rings. The Morgan fingerprint density at radius 1 is 1.37 bits per heavy atom. The Hall–Kier alpha value is -0.980. The first kappa shape index (κ1) is 16.1. The van der Waals surface area contributed by atoms with Crippen LogP contribution in [0.15, 0.2) is 23.1 Å². The van der Waals surface area contributed by atoms with Crippen LogP contribution in [0.4, 0.5) is 4.39 Å². The molecule has 0 aliphatic carbocycles. The van der Waals surface area contributed by atoms with Crippen molar-refractivity contribution in [2.24, 2.45) is 5.73 Å². The first-order valence-corrected chi connectivity index (χ1v) is 7.79. The maximum Gasteiger partial charge on any atom is 0.246 e. The first-order chi connectivity index (χ1) is 8.84. The maximum absolute atomic E-state index is 13.8. The SMILES string of the molecule is CCCN(C(C)C)S(=O)(=O)c1cc(CN)ccc1F. The zero-order chi connectivity index (χ0) is 14.6.